The second-order valence-electron chi connectivity index (χ2n) is 4.86. The fourth-order valence-electron chi connectivity index (χ4n) is 1.84. The topological polar surface area (TPSA) is 63.2 Å². The van der Waals surface area contributed by atoms with Gasteiger partial charge in [0.2, 0.25) is 10.0 Å². The van der Waals surface area contributed by atoms with Crippen LogP contribution < -0.4 is 4.72 Å². The van der Waals surface area contributed by atoms with E-state index < -0.39 is 10.0 Å². The molecule has 0 bridgehead atoms. The van der Waals surface area contributed by atoms with Gasteiger partial charge in [0.15, 0.2) is 5.78 Å². The number of benzene rings is 1. The molecule has 1 aromatic carbocycles. The Bertz CT molecular complexity index is 520. The molecule has 0 fully saturated rings. The number of carbonyl (C=O) groups is 1. The van der Waals surface area contributed by atoms with E-state index >= 15 is 0 Å². The van der Waals surface area contributed by atoms with Crippen LogP contribution in [-0.4, -0.2) is 20.5 Å². The minimum atomic E-state index is -3.27. The van der Waals surface area contributed by atoms with Crippen molar-refractivity contribution >= 4 is 21.5 Å². The van der Waals surface area contributed by atoms with Gasteiger partial charge in [0.25, 0.3) is 0 Å². The molecule has 0 spiro atoms. The van der Waals surface area contributed by atoms with E-state index in [9.17, 15) is 13.2 Å². The molecule has 0 radical (unpaired) electrons. The van der Waals surface area contributed by atoms with Crippen LogP contribution in [0.3, 0.4) is 0 Å². The fraction of sp³-hybridized carbons (Fsp3) is 0.500. The molecule has 1 N–H and O–H groups in total. The van der Waals surface area contributed by atoms with Crippen LogP contribution in [0.2, 0.25) is 0 Å². The summed E-state index contributed by atoms with van der Waals surface area (Å²) in [6, 6.07) is 6.55. The number of unbranched alkanes of at least 4 members (excludes halogenated alkanes) is 1. The average Bonchev–Trinajstić information content (AvgIpc) is 2.34. The van der Waals surface area contributed by atoms with Crippen LogP contribution in [0, 0.1) is 5.92 Å². The Morgan fingerprint density at radius 1 is 1.26 bits per heavy atom. The van der Waals surface area contributed by atoms with Gasteiger partial charge in [-0.15, -0.1) is 0 Å². The van der Waals surface area contributed by atoms with Gasteiger partial charge in [-0.3, -0.25) is 9.52 Å². The highest BCUT2D eigenvalue weighted by Crippen LogP contribution is 2.17. The summed E-state index contributed by atoms with van der Waals surface area (Å²) >= 11 is 0. The van der Waals surface area contributed by atoms with E-state index in [0.29, 0.717) is 11.3 Å². The maximum atomic E-state index is 12.1. The highest BCUT2D eigenvalue weighted by molar-refractivity contribution is 7.92. The Hall–Kier alpha value is -1.36. The standard InChI is InChI=1S/C14H21NO3S/c1-4-5-6-11(2)14(16)12-7-9-13(10-8-12)15-19(3,17)18/h7-11,15H,4-6H2,1-3H3. The molecule has 0 saturated heterocycles. The Labute approximate surface area is 115 Å². The van der Waals surface area contributed by atoms with Crippen molar-refractivity contribution in [3.8, 4) is 0 Å². The van der Waals surface area contributed by atoms with Crippen LogP contribution in [0.25, 0.3) is 0 Å². The highest BCUT2D eigenvalue weighted by Gasteiger charge is 2.14. The molecule has 1 unspecified atom stereocenters. The molecule has 0 aliphatic rings. The van der Waals surface area contributed by atoms with Gasteiger partial charge in [-0.05, 0) is 30.7 Å². The quantitative estimate of drug-likeness (QED) is 0.782. The summed E-state index contributed by atoms with van der Waals surface area (Å²) in [5, 5.41) is 0. The Kier molecular flexibility index (Phi) is 5.54. The number of hydrogen-bond donors (Lipinski definition) is 1. The third kappa shape index (κ3) is 5.42. The maximum Gasteiger partial charge on any atom is 0.229 e. The van der Waals surface area contributed by atoms with Crippen LogP contribution in [0.15, 0.2) is 24.3 Å². The molecule has 0 saturated carbocycles. The Morgan fingerprint density at radius 3 is 2.32 bits per heavy atom. The van der Waals surface area contributed by atoms with Crippen molar-refractivity contribution in [3.63, 3.8) is 0 Å². The minimum absolute atomic E-state index is 0.00802. The van der Waals surface area contributed by atoms with Crippen LogP contribution in [0.1, 0.15) is 43.5 Å². The molecular formula is C14H21NO3S. The van der Waals surface area contributed by atoms with E-state index in [0.717, 1.165) is 25.5 Å². The molecule has 4 nitrogen and oxygen atoms in total. The van der Waals surface area contributed by atoms with E-state index in [-0.39, 0.29) is 11.7 Å². The highest BCUT2D eigenvalue weighted by atomic mass is 32.2. The van der Waals surface area contributed by atoms with Gasteiger partial charge in [-0.1, -0.05) is 26.7 Å². The Morgan fingerprint density at radius 2 is 1.84 bits per heavy atom. The minimum Gasteiger partial charge on any atom is -0.294 e. The third-order valence-corrected chi connectivity index (χ3v) is 3.52. The normalized spacial score (nSPS) is 13.0. The van der Waals surface area contributed by atoms with Crippen LogP contribution in [0.4, 0.5) is 5.69 Å². The Balaban J connectivity index is 2.73. The molecule has 0 aliphatic heterocycles. The number of rotatable bonds is 7. The number of Topliss-reactive ketones (excluding diaryl/α,β-unsaturated/α-hetero) is 1. The fourth-order valence-corrected chi connectivity index (χ4v) is 2.41. The van der Waals surface area contributed by atoms with Gasteiger partial charge in [0.1, 0.15) is 0 Å². The SMILES string of the molecule is CCCCC(C)C(=O)c1ccc(NS(C)(=O)=O)cc1. The summed E-state index contributed by atoms with van der Waals surface area (Å²) in [5.41, 5.74) is 1.10. The van der Waals surface area contributed by atoms with Crippen molar-refractivity contribution in [1.82, 2.24) is 0 Å². The molecule has 0 heterocycles. The molecule has 1 atom stereocenters. The van der Waals surface area contributed by atoms with Gasteiger partial charge < -0.3 is 0 Å². The van der Waals surface area contributed by atoms with Crippen molar-refractivity contribution in [2.45, 2.75) is 33.1 Å². The largest absolute Gasteiger partial charge is 0.294 e. The summed E-state index contributed by atoms with van der Waals surface area (Å²) in [7, 11) is -3.27. The van der Waals surface area contributed by atoms with Crippen LogP contribution in [-0.2, 0) is 10.0 Å². The molecule has 0 aliphatic carbocycles. The van der Waals surface area contributed by atoms with E-state index in [4.69, 9.17) is 0 Å². The van der Waals surface area contributed by atoms with Gasteiger partial charge in [-0.2, -0.15) is 0 Å². The van der Waals surface area contributed by atoms with Crippen molar-refractivity contribution in [2.75, 3.05) is 11.0 Å². The maximum absolute atomic E-state index is 12.1. The number of carbonyl (C=O) groups excluding carboxylic acids is 1. The first-order valence-electron chi connectivity index (χ1n) is 6.45. The van der Waals surface area contributed by atoms with E-state index in [1.165, 1.54) is 0 Å². The lowest BCUT2D eigenvalue weighted by Gasteiger charge is -2.10. The molecule has 0 amide bonds. The number of nitrogens with one attached hydrogen (secondary N) is 1. The van der Waals surface area contributed by atoms with E-state index in [2.05, 4.69) is 11.6 Å². The molecular weight excluding hydrogens is 262 g/mol. The number of hydrogen-bond acceptors (Lipinski definition) is 3. The predicted molar refractivity (Wildman–Crippen MR) is 77.9 cm³/mol. The van der Waals surface area contributed by atoms with Crippen molar-refractivity contribution in [2.24, 2.45) is 5.92 Å². The summed E-state index contributed by atoms with van der Waals surface area (Å²) in [5.74, 6) is 0.119. The second-order valence-corrected chi connectivity index (χ2v) is 6.61. The van der Waals surface area contributed by atoms with Crippen molar-refractivity contribution in [1.29, 1.82) is 0 Å². The smallest absolute Gasteiger partial charge is 0.229 e. The summed E-state index contributed by atoms with van der Waals surface area (Å²) in [4.78, 5) is 12.1. The molecule has 1 rings (SSSR count). The third-order valence-electron chi connectivity index (χ3n) is 2.91. The first kappa shape index (κ1) is 15.7. The lowest BCUT2D eigenvalue weighted by molar-refractivity contribution is 0.0922. The summed E-state index contributed by atoms with van der Waals surface area (Å²) < 4.78 is 24.5. The first-order valence-corrected chi connectivity index (χ1v) is 8.34. The zero-order valence-electron chi connectivity index (χ0n) is 11.6. The van der Waals surface area contributed by atoms with Gasteiger partial charge in [0, 0.05) is 17.2 Å². The molecule has 5 heteroatoms. The first-order chi connectivity index (χ1) is 8.83. The lowest BCUT2D eigenvalue weighted by Crippen LogP contribution is -2.12. The zero-order chi connectivity index (χ0) is 14.5. The van der Waals surface area contributed by atoms with Crippen molar-refractivity contribution < 1.29 is 13.2 Å². The van der Waals surface area contributed by atoms with Crippen LogP contribution in [0.5, 0.6) is 0 Å². The number of anilines is 1. The zero-order valence-corrected chi connectivity index (χ0v) is 12.5. The van der Waals surface area contributed by atoms with E-state index in [1.54, 1.807) is 24.3 Å². The monoisotopic (exact) mass is 283 g/mol. The lowest BCUT2D eigenvalue weighted by atomic mass is 9.94. The van der Waals surface area contributed by atoms with E-state index in [1.807, 2.05) is 6.92 Å². The summed E-state index contributed by atoms with van der Waals surface area (Å²) in [6.07, 6.45) is 4.10. The molecule has 0 aromatic heterocycles. The van der Waals surface area contributed by atoms with Gasteiger partial charge >= 0.3 is 0 Å². The number of ketones is 1. The second kappa shape index (κ2) is 6.70. The van der Waals surface area contributed by atoms with Crippen LogP contribution >= 0.6 is 0 Å². The molecule has 106 valence electrons. The van der Waals surface area contributed by atoms with Crippen molar-refractivity contribution in [3.05, 3.63) is 29.8 Å². The average molecular weight is 283 g/mol. The molecule has 19 heavy (non-hydrogen) atoms. The predicted octanol–water partition coefficient (Wildman–Crippen LogP) is 3.07. The van der Waals surface area contributed by atoms with Gasteiger partial charge in [-0.25, -0.2) is 8.42 Å². The summed E-state index contributed by atoms with van der Waals surface area (Å²) in [6.45, 7) is 4.03. The van der Waals surface area contributed by atoms with Gasteiger partial charge in [0.05, 0.1) is 6.26 Å². The number of sulfonamides is 1. The molecule has 1 aromatic rings.